The molecular formula is C18H17NO2S2. The summed E-state index contributed by atoms with van der Waals surface area (Å²) >= 11 is 1.24. The third-order valence-corrected chi connectivity index (χ3v) is 6.68. The van der Waals surface area contributed by atoms with E-state index in [9.17, 15) is 8.42 Å². The Labute approximate surface area is 140 Å². The SMILES string of the molecule is Cc1ccc(N(Cc2ccccc2)S(=O)(=O)c2cccs2)cc1. The summed E-state index contributed by atoms with van der Waals surface area (Å²) in [7, 11) is -3.57. The van der Waals surface area contributed by atoms with Crippen molar-refractivity contribution in [3.8, 4) is 0 Å². The number of anilines is 1. The second kappa shape index (κ2) is 6.56. The Morgan fingerprint density at radius 3 is 2.22 bits per heavy atom. The molecule has 0 N–H and O–H groups in total. The summed E-state index contributed by atoms with van der Waals surface area (Å²) in [6.45, 7) is 2.29. The minimum Gasteiger partial charge on any atom is -0.261 e. The topological polar surface area (TPSA) is 37.4 Å². The molecule has 1 heterocycles. The molecule has 3 nitrogen and oxygen atoms in total. The summed E-state index contributed by atoms with van der Waals surface area (Å²) in [4.78, 5) is 0. The van der Waals surface area contributed by atoms with Crippen LogP contribution in [0.4, 0.5) is 5.69 Å². The van der Waals surface area contributed by atoms with Gasteiger partial charge < -0.3 is 0 Å². The number of aryl methyl sites for hydroxylation is 1. The summed E-state index contributed by atoms with van der Waals surface area (Å²) in [5, 5.41) is 1.78. The largest absolute Gasteiger partial charge is 0.274 e. The minimum absolute atomic E-state index is 0.310. The lowest BCUT2D eigenvalue weighted by Crippen LogP contribution is -2.30. The van der Waals surface area contributed by atoms with Crippen LogP contribution in [0.15, 0.2) is 76.3 Å². The van der Waals surface area contributed by atoms with Gasteiger partial charge in [0.25, 0.3) is 10.0 Å². The molecule has 0 bridgehead atoms. The van der Waals surface area contributed by atoms with Gasteiger partial charge in [-0.05, 0) is 36.1 Å². The first-order valence-electron chi connectivity index (χ1n) is 7.24. The van der Waals surface area contributed by atoms with Crippen molar-refractivity contribution in [2.45, 2.75) is 17.7 Å². The van der Waals surface area contributed by atoms with Gasteiger partial charge in [0.1, 0.15) is 4.21 Å². The summed E-state index contributed by atoms with van der Waals surface area (Å²) in [5.41, 5.74) is 2.72. The fourth-order valence-corrected chi connectivity index (χ4v) is 4.85. The van der Waals surface area contributed by atoms with Crippen LogP contribution in [0.25, 0.3) is 0 Å². The smallest absolute Gasteiger partial charge is 0.261 e. The molecule has 0 amide bonds. The highest BCUT2D eigenvalue weighted by Gasteiger charge is 2.26. The van der Waals surface area contributed by atoms with Crippen molar-refractivity contribution >= 4 is 27.0 Å². The molecule has 0 aliphatic heterocycles. The van der Waals surface area contributed by atoms with Gasteiger partial charge in [-0.15, -0.1) is 11.3 Å². The van der Waals surface area contributed by atoms with Crippen molar-refractivity contribution in [2.24, 2.45) is 0 Å². The molecule has 0 spiro atoms. The summed E-state index contributed by atoms with van der Waals surface area (Å²) < 4.78 is 27.9. The third kappa shape index (κ3) is 3.46. The zero-order valence-electron chi connectivity index (χ0n) is 12.7. The minimum atomic E-state index is -3.57. The highest BCUT2D eigenvalue weighted by atomic mass is 32.2. The number of nitrogens with zero attached hydrogens (tertiary/aromatic N) is 1. The van der Waals surface area contributed by atoms with Crippen molar-refractivity contribution in [1.29, 1.82) is 0 Å². The van der Waals surface area contributed by atoms with E-state index in [-0.39, 0.29) is 0 Å². The lowest BCUT2D eigenvalue weighted by Gasteiger charge is -2.24. The first-order valence-corrected chi connectivity index (χ1v) is 9.56. The molecule has 118 valence electrons. The highest BCUT2D eigenvalue weighted by Crippen LogP contribution is 2.28. The zero-order valence-corrected chi connectivity index (χ0v) is 14.3. The van der Waals surface area contributed by atoms with Crippen LogP contribution in [0.3, 0.4) is 0 Å². The molecule has 5 heteroatoms. The maximum atomic E-state index is 13.0. The number of rotatable bonds is 5. The van der Waals surface area contributed by atoms with Gasteiger partial charge in [-0.25, -0.2) is 8.42 Å². The molecular weight excluding hydrogens is 326 g/mol. The van der Waals surface area contributed by atoms with Crippen molar-refractivity contribution in [3.05, 3.63) is 83.2 Å². The second-order valence-corrected chi connectivity index (χ2v) is 8.30. The van der Waals surface area contributed by atoms with Crippen molar-refractivity contribution < 1.29 is 8.42 Å². The van der Waals surface area contributed by atoms with Gasteiger partial charge in [-0.3, -0.25) is 4.31 Å². The molecule has 3 aromatic rings. The Morgan fingerprint density at radius 1 is 0.913 bits per heavy atom. The van der Waals surface area contributed by atoms with Gasteiger partial charge in [-0.2, -0.15) is 0 Å². The molecule has 0 radical (unpaired) electrons. The number of sulfonamides is 1. The van der Waals surface area contributed by atoms with E-state index in [4.69, 9.17) is 0 Å². The number of thiophene rings is 1. The van der Waals surface area contributed by atoms with Crippen molar-refractivity contribution in [2.75, 3.05) is 4.31 Å². The first kappa shape index (κ1) is 15.8. The molecule has 2 aromatic carbocycles. The lowest BCUT2D eigenvalue weighted by atomic mass is 10.2. The maximum Gasteiger partial charge on any atom is 0.274 e. The van der Waals surface area contributed by atoms with Gasteiger partial charge in [0.05, 0.1) is 12.2 Å². The standard InChI is InChI=1S/C18H17NO2S2/c1-15-9-11-17(12-10-15)19(14-16-6-3-2-4-7-16)23(20,21)18-8-5-13-22-18/h2-13H,14H2,1H3. The normalized spacial score (nSPS) is 11.3. The van der Waals surface area contributed by atoms with Crippen molar-refractivity contribution in [3.63, 3.8) is 0 Å². The van der Waals surface area contributed by atoms with E-state index in [1.54, 1.807) is 17.5 Å². The second-order valence-electron chi connectivity index (χ2n) is 5.26. The molecule has 23 heavy (non-hydrogen) atoms. The van der Waals surface area contributed by atoms with Gasteiger partial charge >= 0.3 is 0 Å². The monoisotopic (exact) mass is 343 g/mol. The van der Waals surface area contributed by atoms with Crippen LogP contribution in [-0.2, 0) is 16.6 Å². The Balaban J connectivity index is 2.05. The number of hydrogen-bond donors (Lipinski definition) is 0. The predicted octanol–water partition coefficient (Wildman–Crippen LogP) is 4.45. The lowest BCUT2D eigenvalue weighted by molar-refractivity contribution is 0.592. The molecule has 0 saturated carbocycles. The number of hydrogen-bond acceptors (Lipinski definition) is 3. The van der Waals surface area contributed by atoms with Crippen LogP contribution in [-0.4, -0.2) is 8.42 Å². The Kier molecular flexibility index (Phi) is 4.50. The Bertz CT molecular complexity index is 855. The van der Waals surface area contributed by atoms with Crippen LogP contribution in [0.2, 0.25) is 0 Å². The van der Waals surface area contributed by atoms with Crippen LogP contribution in [0.1, 0.15) is 11.1 Å². The Hall–Kier alpha value is -2.11. The van der Waals surface area contributed by atoms with Crippen LogP contribution in [0, 0.1) is 6.92 Å². The molecule has 0 saturated heterocycles. The van der Waals surface area contributed by atoms with Gasteiger partial charge in [0.2, 0.25) is 0 Å². The maximum absolute atomic E-state index is 13.0. The van der Waals surface area contributed by atoms with E-state index < -0.39 is 10.0 Å². The average Bonchev–Trinajstić information content (AvgIpc) is 3.10. The number of benzene rings is 2. The quantitative estimate of drug-likeness (QED) is 0.686. The molecule has 3 rings (SSSR count). The fourth-order valence-electron chi connectivity index (χ4n) is 2.29. The van der Waals surface area contributed by atoms with Gasteiger partial charge in [0.15, 0.2) is 0 Å². The third-order valence-electron chi connectivity index (χ3n) is 3.53. The van der Waals surface area contributed by atoms with Crippen LogP contribution < -0.4 is 4.31 Å². The summed E-state index contributed by atoms with van der Waals surface area (Å²) in [5.74, 6) is 0. The van der Waals surface area contributed by atoms with Gasteiger partial charge in [0, 0.05) is 0 Å². The summed E-state index contributed by atoms with van der Waals surface area (Å²) in [6, 6.07) is 20.6. The van der Waals surface area contributed by atoms with E-state index >= 15 is 0 Å². The van der Waals surface area contributed by atoms with Crippen LogP contribution in [0.5, 0.6) is 0 Å². The first-order chi connectivity index (χ1) is 11.1. The highest BCUT2D eigenvalue weighted by molar-refractivity contribution is 7.94. The van der Waals surface area contributed by atoms with E-state index in [2.05, 4.69) is 0 Å². The van der Waals surface area contributed by atoms with Crippen molar-refractivity contribution in [1.82, 2.24) is 0 Å². The van der Waals surface area contributed by atoms with Crippen LogP contribution >= 0.6 is 11.3 Å². The summed E-state index contributed by atoms with van der Waals surface area (Å²) in [6.07, 6.45) is 0. The zero-order chi connectivity index (χ0) is 16.3. The predicted molar refractivity (Wildman–Crippen MR) is 95.3 cm³/mol. The van der Waals surface area contributed by atoms with E-state index in [1.165, 1.54) is 15.6 Å². The molecule has 0 aliphatic rings. The fraction of sp³-hybridized carbons (Fsp3) is 0.111. The molecule has 0 fully saturated rings. The van der Waals surface area contributed by atoms with E-state index in [1.807, 2.05) is 61.5 Å². The molecule has 0 atom stereocenters. The van der Waals surface area contributed by atoms with E-state index in [0.29, 0.717) is 16.4 Å². The Morgan fingerprint density at radius 2 is 1.61 bits per heavy atom. The molecule has 0 aliphatic carbocycles. The molecule has 1 aromatic heterocycles. The average molecular weight is 343 g/mol. The van der Waals surface area contributed by atoms with E-state index in [0.717, 1.165) is 11.1 Å². The molecule has 0 unspecified atom stereocenters. The van der Waals surface area contributed by atoms with Gasteiger partial charge in [-0.1, -0.05) is 54.1 Å².